The molecule has 0 fully saturated rings. The Morgan fingerprint density at radius 2 is 2.05 bits per heavy atom. The molecule has 0 aliphatic carbocycles. The van der Waals surface area contributed by atoms with E-state index in [4.69, 9.17) is 16.3 Å². The first-order valence-electron chi connectivity index (χ1n) is 6.13. The molecule has 0 aromatic heterocycles. The Morgan fingerprint density at radius 3 is 2.70 bits per heavy atom. The Morgan fingerprint density at radius 1 is 1.30 bits per heavy atom. The zero-order valence-electron chi connectivity index (χ0n) is 11.2. The van der Waals surface area contributed by atoms with Gasteiger partial charge < -0.3 is 4.74 Å². The highest BCUT2D eigenvalue weighted by molar-refractivity contribution is 6.31. The van der Waals surface area contributed by atoms with E-state index >= 15 is 0 Å². The molecule has 4 heteroatoms. The number of hydrogen-bond donors (Lipinski definition) is 0. The van der Waals surface area contributed by atoms with Crippen molar-refractivity contribution >= 4 is 17.4 Å². The minimum atomic E-state index is -0.499. The van der Waals surface area contributed by atoms with Crippen LogP contribution in [0.4, 0.5) is 4.39 Å². The van der Waals surface area contributed by atoms with Gasteiger partial charge in [0, 0.05) is 17.0 Å². The molecular weight excluding hydrogens is 279 g/mol. The minimum Gasteiger partial charge on any atom is -0.494 e. The van der Waals surface area contributed by atoms with Crippen molar-refractivity contribution in [2.24, 2.45) is 0 Å². The van der Waals surface area contributed by atoms with E-state index in [1.165, 1.54) is 13.2 Å². The molecule has 2 rings (SSSR count). The molecule has 104 valence electrons. The van der Waals surface area contributed by atoms with E-state index in [1.54, 1.807) is 30.3 Å². The molecule has 2 aromatic carbocycles. The summed E-state index contributed by atoms with van der Waals surface area (Å²) in [5.74, 6) is -0.544. The summed E-state index contributed by atoms with van der Waals surface area (Å²) >= 11 is 5.99. The number of methoxy groups -OCH3 is 1. The lowest BCUT2D eigenvalue weighted by atomic mass is 10.0. The summed E-state index contributed by atoms with van der Waals surface area (Å²) in [6, 6.07) is 9.83. The number of halogens is 2. The van der Waals surface area contributed by atoms with Crippen LogP contribution in [-0.2, 0) is 6.42 Å². The van der Waals surface area contributed by atoms with Gasteiger partial charge in [0.15, 0.2) is 17.3 Å². The van der Waals surface area contributed by atoms with Gasteiger partial charge in [-0.15, -0.1) is 0 Å². The van der Waals surface area contributed by atoms with Crippen molar-refractivity contribution in [3.05, 3.63) is 63.9 Å². The van der Waals surface area contributed by atoms with E-state index < -0.39 is 5.82 Å². The van der Waals surface area contributed by atoms with Gasteiger partial charge >= 0.3 is 0 Å². The summed E-state index contributed by atoms with van der Waals surface area (Å²) < 4.78 is 18.9. The number of hydrogen-bond acceptors (Lipinski definition) is 2. The number of ether oxygens (including phenoxy) is 1. The van der Waals surface area contributed by atoms with Gasteiger partial charge in [0.2, 0.25) is 0 Å². The Kier molecular flexibility index (Phi) is 4.40. The maximum Gasteiger partial charge on any atom is 0.168 e. The van der Waals surface area contributed by atoms with Crippen LogP contribution in [-0.4, -0.2) is 12.9 Å². The highest BCUT2D eigenvalue weighted by Crippen LogP contribution is 2.22. The van der Waals surface area contributed by atoms with Crippen LogP contribution in [0, 0.1) is 12.7 Å². The molecule has 0 N–H and O–H groups in total. The van der Waals surface area contributed by atoms with Gasteiger partial charge in [0.25, 0.3) is 0 Å². The van der Waals surface area contributed by atoms with Gasteiger partial charge in [0.1, 0.15) is 0 Å². The van der Waals surface area contributed by atoms with Gasteiger partial charge in [-0.2, -0.15) is 0 Å². The van der Waals surface area contributed by atoms with E-state index in [9.17, 15) is 9.18 Å². The average molecular weight is 293 g/mol. The molecule has 20 heavy (non-hydrogen) atoms. The number of ketones is 1. The molecule has 0 radical (unpaired) electrons. The zero-order valence-corrected chi connectivity index (χ0v) is 12.0. The number of benzene rings is 2. The third kappa shape index (κ3) is 2.99. The Hall–Kier alpha value is -1.87. The average Bonchev–Trinajstić information content (AvgIpc) is 2.44. The summed E-state index contributed by atoms with van der Waals surface area (Å²) in [6.07, 6.45) is -0.0254. The van der Waals surface area contributed by atoms with Crippen LogP contribution < -0.4 is 4.74 Å². The molecular formula is C16H14ClFO2. The third-order valence-electron chi connectivity index (χ3n) is 3.11. The van der Waals surface area contributed by atoms with Gasteiger partial charge in [-0.1, -0.05) is 35.9 Å². The molecule has 0 saturated carbocycles. The molecule has 0 bridgehead atoms. The standard InChI is InChI=1S/C16H14ClFO2/c1-10-6-7-11(8-13(10)17)14(19)9-12-4-3-5-15(20-2)16(12)18/h3-8H,9H2,1-2H3. The molecule has 0 atom stereocenters. The largest absolute Gasteiger partial charge is 0.494 e. The number of aryl methyl sites for hydroxylation is 1. The Bertz CT molecular complexity index is 653. The monoisotopic (exact) mass is 292 g/mol. The van der Waals surface area contributed by atoms with Gasteiger partial charge in [-0.05, 0) is 30.2 Å². The van der Waals surface area contributed by atoms with Gasteiger partial charge in [-0.3, -0.25) is 4.79 Å². The lowest BCUT2D eigenvalue weighted by Gasteiger charge is -2.07. The van der Waals surface area contributed by atoms with Crippen LogP contribution in [0.2, 0.25) is 5.02 Å². The lowest BCUT2D eigenvalue weighted by Crippen LogP contribution is -2.06. The van der Waals surface area contributed by atoms with E-state index in [-0.39, 0.29) is 18.0 Å². The van der Waals surface area contributed by atoms with E-state index in [0.29, 0.717) is 16.1 Å². The third-order valence-corrected chi connectivity index (χ3v) is 3.52. The summed E-state index contributed by atoms with van der Waals surface area (Å²) in [7, 11) is 1.39. The predicted molar refractivity (Wildman–Crippen MR) is 77.2 cm³/mol. The fraction of sp³-hybridized carbons (Fsp3) is 0.188. The smallest absolute Gasteiger partial charge is 0.168 e. The number of rotatable bonds is 4. The second-order valence-electron chi connectivity index (χ2n) is 4.50. The highest BCUT2D eigenvalue weighted by Gasteiger charge is 2.14. The topological polar surface area (TPSA) is 26.3 Å². The fourth-order valence-corrected chi connectivity index (χ4v) is 2.07. The second-order valence-corrected chi connectivity index (χ2v) is 4.90. The van der Waals surface area contributed by atoms with Crippen molar-refractivity contribution in [3.8, 4) is 5.75 Å². The molecule has 2 nitrogen and oxygen atoms in total. The minimum absolute atomic E-state index is 0.0254. The zero-order chi connectivity index (χ0) is 14.7. The SMILES string of the molecule is COc1cccc(CC(=O)c2ccc(C)c(Cl)c2)c1F. The summed E-state index contributed by atoms with van der Waals surface area (Å²) in [5, 5.41) is 0.530. The molecule has 0 spiro atoms. The number of carbonyl (C=O) groups excluding carboxylic acids is 1. The summed E-state index contributed by atoms with van der Waals surface area (Å²) in [5.41, 5.74) is 1.68. The van der Waals surface area contributed by atoms with Crippen LogP contribution in [0.5, 0.6) is 5.75 Å². The van der Waals surface area contributed by atoms with Crippen molar-refractivity contribution in [1.82, 2.24) is 0 Å². The molecule has 0 aliphatic heterocycles. The Balaban J connectivity index is 2.25. The van der Waals surface area contributed by atoms with E-state index in [2.05, 4.69) is 0 Å². The number of carbonyl (C=O) groups is 1. The number of Topliss-reactive ketones (excluding diaryl/α,β-unsaturated/α-hetero) is 1. The van der Waals surface area contributed by atoms with Crippen LogP contribution in [0.15, 0.2) is 36.4 Å². The summed E-state index contributed by atoms with van der Waals surface area (Å²) in [4.78, 5) is 12.2. The van der Waals surface area contributed by atoms with E-state index in [1.807, 2.05) is 6.92 Å². The first kappa shape index (κ1) is 14.5. The van der Waals surface area contributed by atoms with Crippen LogP contribution in [0.25, 0.3) is 0 Å². The van der Waals surface area contributed by atoms with E-state index in [0.717, 1.165) is 5.56 Å². The molecule has 0 saturated heterocycles. The fourth-order valence-electron chi connectivity index (χ4n) is 1.89. The maximum absolute atomic E-state index is 14.0. The van der Waals surface area contributed by atoms with Crippen LogP contribution in [0.1, 0.15) is 21.5 Å². The normalized spacial score (nSPS) is 10.4. The van der Waals surface area contributed by atoms with Crippen LogP contribution >= 0.6 is 11.6 Å². The first-order valence-corrected chi connectivity index (χ1v) is 6.51. The van der Waals surface area contributed by atoms with Crippen molar-refractivity contribution in [2.45, 2.75) is 13.3 Å². The molecule has 0 amide bonds. The lowest BCUT2D eigenvalue weighted by molar-refractivity contribution is 0.0991. The Labute approximate surface area is 122 Å². The second kappa shape index (κ2) is 6.06. The first-order chi connectivity index (χ1) is 9.52. The molecule has 0 unspecified atom stereocenters. The summed E-state index contributed by atoms with van der Waals surface area (Å²) in [6.45, 7) is 1.86. The van der Waals surface area contributed by atoms with Crippen LogP contribution in [0.3, 0.4) is 0 Å². The van der Waals surface area contributed by atoms with Crippen molar-refractivity contribution in [2.75, 3.05) is 7.11 Å². The van der Waals surface area contributed by atoms with Gasteiger partial charge in [-0.25, -0.2) is 4.39 Å². The molecule has 2 aromatic rings. The maximum atomic E-state index is 14.0. The molecule has 0 heterocycles. The molecule has 0 aliphatic rings. The van der Waals surface area contributed by atoms with Crippen molar-refractivity contribution in [3.63, 3.8) is 0 Å². The van der Waals surface area contributed by atoms with Gasteiger partial charge in [0.05, 0.1) is 7.11 Å². The van der Waals surface area contributed by atoms with Crippen molar-refractivity contribution < 1.29 is 13.9 Å². The quantitative estimate of drug-likeness (QED) is 0.789. The predicted octanol–water partition coefficient (Wildman–Crippen LogP) is 4.22. The highest BCUT2D eigenvalue weighted by atomic mass is 35.5. The van der Waals surface area contributed by atoms with Crippen molar-refractivity contribution in [1.29, 1.82) is 0 Å².